The minimum Gasteiger partial charge on any atom is -0.481 e. The van der Waals surface area contributed by atoms with Gasteiger partial charge in [-0.1, -0.05) is 25.1 Å². The molecule has 1 heterocycles. The van der Waals surface area contributed by atoms with Gasteiger partial charge in [0.2, 0.25) is 0 Å². The molecule has 0 atom stereocenters. The fraction of sp³-hybridized carbons (Fsp3) is 0.273. The Balaban J connectivity index is 1.93. The summed E-state index contributed by atoms with van der Waals surface area (Å²) in [6.45, 7) is 6.84. The van der Waals surface area contributed by atoms with Crippen LogP contribution in [0.3, 0.4) is 0 Å². The lowest BCUT2D eigenvalue weighted by Crippen LogP contribution is -2.17. The predicted octanol–water partition coefficient (Wildman–Crippen LogP) is 4.41. The number of benzene rings is 2. The maximum atomic E-state index is 13.0. The van der Waals surface area contributed by atoms with Crippen molar-refractivity contribution >= 4 is 28.5 Å². The highest BCUT2D eigenvalue weighted by Crippen LogP contribution is 2.28. The van der Waals surface area contributed by atoms with Gasteiger partial charge in [-0.2, -0.15) is 0 Å². The Morgan fingerprint density at radius 3 is 2.30 bits per heavy atom. The van der Waals surface area contributed by atoms with Crippen LogP contribution in [0.2, 0.25) is 0 Å². The van der Waals surface area contributed by atoms with Crippen molar-refractivity contribution < 1.29 is 14.7 Å². The summed E-state index contributed by atoms with van der Waals surface area (Å²) in [5.41, 5.74) is 5.30. The van der Waals surface area contributed by atoms with Gasteiger partial charge in [0, 0.05) is 23.1 Å². The Bertz CT molecular complexity index is 1000. The van der Waals surface area contributed by atoms with Gasteiger partial charge in [0.05, 0.1) is 6.42 Å². The highest BCUT2D eigenvalue weighted by Gasteiger charge is 2.20. The van der Waals surface area contributed by atoms with E-state index in [0.717, 1.165) is 22.9 Å². The van der Waals surface area contributed by atoms with Crippen LogP contribution in [0.25, 0.3) is 10.9 Å². The third kappa shape index (κ3) is 3.72. The maximum absolute atomic E-state index is 13.0. The average molecular weight is 364 g/mol. The van der Waals surface area contributed by atoms with Gasteiger partial charge in [-0.15, -0.1) is 0 Å². The molecule has 3 aromatic rings. The van der Waals surface area contributed by atoms with Crippen molar-refractivity contribution in [3.63, 3.8) is 0 Å². The van der Waals surface area contributed by atoms with Crippen molar-refractivity contribution in [3.8, 4) is 0 Å². The van der Waals surface area contributed by atoms with Gasteiger partial charge in [-0.3, -0.25) is 9.59 Å². The van der Waals surface area contributed by atoms with E-state index in [9.17, 15) is 9.59 Å². The van der Waals surface area contributed by atoms with Gasteiger partial charge in [0.15, 0.2) is 0 Å². The maximum Gasteiger partial charge on any atom is 0.307 e. The number of fused-ring (bicyclic) bond motifs is 1. The van der Waals surface area contributed by atoms with E-state index >= 15 is 0 Å². The Morgan fingerprint density at radius 1 is 1.04 bits per heavy atom. The lowest BCUT2D eigenvalue weighted by Gasteiger charge is -2.10. The first-order valence-electron chi connectivity index (χ1n) is 9.18. The van der Waals surface area contributed by atoms with Crippen LogP contribution in [0, 0.1) is 6.92 Å². The lowest BCUT2D eigenvalue weighted by atomic mass is 10.1. The van der Waals surface area contributed by atoms with E-state index in [1.54, 1.807) is 24.3 Å². The van der Waals surface area contributed by atoms with E-state index in [1.165, 1.54) is 5.56 Å². The van der Waals surface area contributed by atoms with Gasteiger partial charge in [0.25, 0.3) is 5.91 Å². The summed E-state index contributed by atoms with van der Waals surface area (Å²) in [7, 11) is 0. The zero-order valence-corrected chi connectivity index (χ0v) is 15.9. The zero-order valence-electron chi connectivity index (χ0n) is 15.9. The topological polar surface area (TPSA) is 71.3 Å². The number of carboxylic acid groups (broad SMARTS) is 1. The summed E-state index contributed by atoms with van der Waals surface area (Å²) in [5, 5.41) is 12.9. The Kier molecular flexibility index (Phi) is 5.31. The number of nitrogens with zero attached hydrogens (tertiary/aromatic N) is 1. The summed E-state index contributed by atoms with van der Waals surface area (Å²) < 4.78 is 2.04. The van der Waals surface area contributed by atoms with Crippen LogP contribution in [0.15, 0.2) is 42.5 Å². The summed E-state index contributed by atoms with van der Waals surface area (Å²) >= 11 is 0. The van der Waals surface area contributed by atoms with Crippen LogP contribution in [0.5, 0.6) is 0 Å². The molecule has 1 amide bonds. The van der Waals surface area contributed by atoms with Gasteiger partial charge in [0.1, 0.15) is 5.69 Å². The van der Waals surface area contributed by atoms with Crippen molar-refractivity contribution in [1.29, 1.82) is 0 Å². The molecule has 0 aliphatic carbocycles. The molecule has 5 heteroatoms. The number of nitrogens with one attached hydrogen (secondary N) is 1. The molecule has 0 fully saturated rings. The van der Waals surface area contributed by atoms with Crippen molar-refractivity contribution in [2.24, 2.45) is 0 Å². The summed E-state index contributed by atoms with van der Waals surface area (Å²) in [6.07, 6.45) is 0.925. The molecular formula is C22H24N2O3. The molecule has 0 saturated heterocycles. The van der Waals surface area contributed by atoms with E-state index < -0.39 is 5.97 Å². The van der Waals surface area contributed by atoms with Crippen LogP contribution < -0.4 is 5.32 Å². The fourth-order valence-electron chi connectivity index (χ4n) is 3.48. The predicted molar refractivity (Wildman–Crippen MR) is 107 cm³/mol. The van der Waals surface area contributed by atoms with Crippen LogP contribution >= 0.6 is 0 Å². The number of hydrogen-bond acceptors (Lipinski definition) is 2. The third-order valence-electron chi connectivity index (χ3n) is 4.89. The Labute approximate surface area is 158 Å². The van der Waals surface area contributed by atoms with E-state index in [0.29, 0.717) is 23.5 Å². The van der Waals surface area contributed by atoms with Crippen molar-refractivity contribution in [2.45, 2.75) is 40.2 Å². The highest BCUT2D eigenvalue weighted by molar-refractivity contribution is 6.08. The molecule has 3 rings (SSSR count). The second kappa shape index (κ2) is 7.66. The second-order valence-electron chi connectivity index (χ2n) is 6.64. The molecular weight excluding hydrogens is 340 g/mol. The number of aryl methyl sites for hydroxylation is 3. The fourth-order valence-corrected chi connectivity index (χ4v) is 3.48. The van der Waals surface area contributed by atoms with Gasteiger partial charge < -0.3 is 15.0 Å². The lowest BCUT2D eigenvalue weighted by molar-refractivity contribution is -0.136. The molecule has 2 N–H and O–H groups in total. The Hall–Kier alpha value is -3.08. The van der Waals surface area contributed by atoms with Crippen LogP contribution in [-0.2, 0) is 24.2 Å². The minimum atomic E-state index is -0.874. The van der Waals surface area contributed by atoms with Crippen molar-refractivity contribution in [1.82, 2.24) is 4.57 Å². The average Bonchev–Trinajstić information content (AvgIpc) is 2.94. The number of carbonyl (C=O) groups is 2. The molecule has 140 valence electrons. The van der Waals surface area contributed by atoms with E-state index in [1.807, 2.05) is 18.4 Å². The molecule has 0 aliphatic heterocycles. The first kappa shape index (κ1) is 18.7. The van der Waals surface area contributed by atoms with Gasteiger partial charge in [-0.05, 0) is 61.2 Å². The molecule has 0 radical (unpaired) electrons. The van der Waals surface area contributed by atoms with E-state index in [-0.39, 0.29) is 12.3 Å². The SMILES string of the molecule is CCc1ccc2c(c1)c(C)c(C(=O)Nc1ccc(CC(=O)O)cc1)n2CC. The van der Waals surface area contributed by atoms with Gasteiger partial charge in [-0.25, -0.2) is 0 Å². The number of aliphatic carboxylic acids is 1. The summed E-state index contributed by atoms with van der Waals surface area (Å²) in [5.74, 6) is -1.03. The molecule has 1 aromatic heterocycles. The van der Waals surface area contributed by atoms with E-state index in [4.69, 9.17) is 5.11 Å². The normalized spacial score (nSPS) is 10.9. The number of aromatic nitrogens is 1. The smallest absolute Gasteiger partial charge is 0.307 e. The summed E-state index contributed by atoms with van der Waals surface area (Å²) in [4.78, 5) is 23.8. The standard InChI is InChI=1S/C22H24N2O3/c1-4-15-8-11-19-18(12-15)14(3)21(24(19)5-2)22(27)23-17-9-6-16(7-10-17)13-20(25)26/h6-12H,4-5,13H2,1-3H3,(H,23,27)(H,25,26). The number of anilines is 1. The number of hydrogen-bond donors (Lipinski definition) is 2. The quantitative estimate of drug-likeness (QED) is 0.680. The van der Waals surface area contributed by atoms with E-state index in [2.05, 4.69) is 30.4 Å². The van der Waals surface area contributed by atoms with Gasteiger partial charge >= 0.3 is 5.97 Å². The second-order valence-corrected chi connectivity index (χ2v) is 6.64. The number of carboxylic acids is 1. The minimum absolute atomic E-state index is 0.0306. The highest BCUT2D eigenvalue weighted by atomic mass is 16.4. The molecule has 2 aromatic carbocycles. The third-order valence-corrected chi connectivity index (χ3v) is 4.89. The number of amides is 1. The first-order chi connectivity index (χ1) is 12.9. The first-order valence-corrected chi connectivity index (χ1v) is 9.18. The number of rotatable bonds is 6. The van der Waals surface area contributed by atoms with Crippen LogP contribution in [0.4, 0.5) is 5.69 Å². The van der Waals surface area contributed by atoms with Crippen LogP contribution in [0.1, 0.15) is 41.0 Å². The Morgan fingerprint density at radius 2 is 1.70 bits per heavy atom. The van der Waals surface area contributed by atoms with Crippen molar-refractivity contribution in [2.75, 3.05) is 5.32 Å². The largest absolute Gasteiger partial charge is 0.481 e. The molecule has 0 unspecified atom stereocenters. The molecule has 5 nitrogen and oxygen atoms in total. The van der Waals surface area contributed by atoms with Crippen molar-refractivity contribution in [3.05, 3.63) is 64.8 Å². The summed E-state index contributed by atoms with van der Waals surface area (Å²) in [6, 6.07) is 13.3. The zero-order chi connectivity index (χ0) is 19.6. The molecule has 0 saturated carbocycles. The molecule has 0 aliphatic rings. The molecule has 0 spiro atoms. The van der Waals surface area contributed by atoms with Crippen LogP contribution in [-0.4, -0.2) is 21.6 Å². The molecule has 0 bridgehead atoms. The molecule has 27 heavy (non-hydrogen) atoms. The number of carbonyl (C=O) groups excluding carboxylic acids is 1. The monoisotopic (exact) mass is 364 g/mol.